The smallest absolute Gasteiger partial charge is 0.356 e. The van der Waals surface area contributed by atoms with Gasteiger partial charge >= 0.3 is 13.3 Å². The van der Waals surface area contributed by atoms with Crippen molar-refractivity contribution in [3.63, 3.8) is 0 Å². The number of ether oxygens (including phenoxy) is 2. The van der Waals surface area contributed by atoms with Crippen LogP contribution in [0.5, 0.6) is 0 Å². The molecule has 0 radical (unpaired) electrons. The van der Waals surface area contributed by atoms with Crippen molar-refractivity contribution < 1.29 is 28.6 Å². The maximum atomic E-state index is 12.1. The van der Waals surface area contributed by atoms with E-state index in [9.17, 15) is 28.7 Å². The third-order valence-corrected chi connectivity index (χ3v) is 4.82. The summed E-state index contributed by atoms with van der Waals surface area (Å²) in [7, 11) is -2.19. The molecule has 1 saturated heterocycles. The van der Waals surface area contributed by atoms with Crippen molar-refractivity contribution in [1.29, 1.82) is 0 Å². The molecular weight excluding hydrogens is 357 g/mol. The van der Waals surface area contributed by atoms with E-state index >= 15 is 0 Å². The lowest BCUT2D eigenvalue weighted by molar-refractivity contribution is -0.131. The van der Waals surface area contributed by atoms with Crippen LogP contribution in [0, 0.1) is 0 Å². The zero-order valence-electron chi connectivity index (χ0n) is 13.7. The highest BCUT2D eigenvalue weighted by molar-refractivity contribution is 7.53. The van der Waals surface area contributed by atoms with Crippen LogP contribution in [0.1, 0.15) is 19.1 Å². The van der Waals surface area contributed by atoms with Gasteiger partial charge in [0.15, 0.2) is 0 Å². The van der Waals surface area contributed by atoms with E-state index in [-0.39, 0.29) is 6.61 Å². The molecule has 1 amide bonds. The number of carbonyl (C=O) groups excluding carboxylic acids is 1. The van der Waals surface area contributed by atoms with Gasteiger partial charge in [-0.1, -0.05) is 0 Å². The first kappa shape index (κ1) is 19.5. The van der Waals surface area contributed by atoms with Crippen LogP contribution in [0.2, 0.25) is 0 Å². The van der Waals surface area contributed by atoms with Crippen molar-refractivity contribution in [3.05, 3.63) is 33.1 Å². The Morgan fingerprint density at radius 3 is 2.76 bits per heavy atom. The fourth-order valence-corrected chi connectivity index (χ4v) is 3.18. The predicted octanol–water partition coefficient (Wildman–Crippen LogP) is -1.51. The number of carbonyl (C=O) groups is 1. The standard InChI is InChI=1S/C13H20N3O8P/c1-14-11(18)12(25(20,21)22)23-7-8-3-4-10(24-8)16-6-5-9(17)15(2)13(16)19/h5-6,8,10,12H,3-4,7H2,1-2H3,(H,14,18)(H2,20,21,22)/t8-,10?,12?/m0/s1. The van der Waals surface area contributed by atoms with Gasteiger partial charge in [-0.05, 0) is 12.8 Å². The molecule has 1 aromatic heterocycles. The van der Waals surface area contributed by atoms with Gasteiger partial charge in [0.05, 0.1) is 12.7 Å². The van der Waals surface area contributed by atoms with E-state index in [4.69, 9.17) is 9.47 Å². The van der Waals surface area contributed by atoms with E-state index in [0.717, 1.165) is 4.57 Å². The number of hydrogen-bond donors (Lipinski definition) is 3. The van der Waals surface area contributed by atoms with Crippen molar-refractivity contribution in [3.8, 4) is 0 Å². The summed E-state index contributed by atoms with van der Waals surface area (Å²) in [6.45, 7) is -0.222. The summed E-state index contributed by atoms with van der Waals surface area (Å²) in [6, 6.07) is 1.24. The van der Waals surface area contributed by atoms with Crippen LogP contribution in [0.4, 0.5) is 0 Å². The first-order valence-electron chi connectivity index (χ1n) is 7.47. The lowest BCUT2D eigenvalue weighted by Crippen LogP contribution is -2.39. The van der Waals surface area contributed by atoms with Gasteiger partial charge in [-0.2, -0.15) is 0 Å². The summed E-state index contributed by atoms with van der Waals surface area (Å²) in [5, 5.41) is 2.13. The predicted molar refractivity (Wildman–Crippen MR) is 84.9 cm³/mol. The molecule has 0 spiro atoms. The van der Waals surface area contributed by atoms with Crippen LogP contribution in [0.3, 0.4) is 0 Å². The maximum Gasteiger partial charge on any atom is 0.363 e. The molecule has 12 heteroatoms. The molecule has 0 aromatic carbocycles. The molecule has 0 aliphatic carbocycles. The van der Waals surface area contributed by atoms with E-state index in [1.807, 2.05) is 0 Å². The van der Waals surface area contributed by atoms with Crippen LogP contribution in [0.15, 0.2) is 21.9 Å². The van der Waals surface area contributed by atoms with Gasteiger partial charge in [0.25, 0.3) is 11.5 Å². The molecule has 2 rings (SSSR count). The largest absolute Gasteiger partial charge is 0.363 e. The molecule has 0 saturated carbocycles. The second-order valence-electron chi connectivity index (χ2n) is 5.58. The Hall–Kier alpha value is -1.78. The summed E-state index contributed by atoms with van der Waals surface area (Å²) in [5.41, 5.74) is -0.966. The minimum atomic E-state index is -4.78. The normalized spacial score (nSPS) is 21.9. The number of likely N-dealkylation sites (N-methyl/N-ethyl adjacent to an activating group) is 1. The van der Waals surface area contributed by atoms with Gasteiger partial charge in [0, 0.05) is 26.4 Å². The van der Waals surface area contributed by atoms with Gasteiger partial charge in [0.1, 0.15) is 6.23 Å². The number of nitrogens with zero attached hydrogens (tertiary/aromatic N) is 2. The first-order valence-corrected chi connectivity index (χ1v) is 9.15. The summed E-state index contributed by atoms with van der Waals surface area (Å²) >= 11 is 0. The summed E-state index contributed by atoms with van der Waals surface area (Å²) < 4.78 is 24.2. The molecule has 1 fully saturated rings. The van der Waals surface area contributed by atoms with Crippen LogP contribution in [-0.2, 0) is 25.9 Å². The Kier molecular flexibility index (Phi) is 5.96. The molecule has 2 unspecified atom stereocenters. The van der Waals surface area contributed by atoms with E-state index in [1.54, 1.807) is 0 Å². The number of nitrogens with one attached hydrogen (secondary N) is 1. The molecule has 3 N–H and O–H groups in total. The van der Waals surface area contributed by atoms with Gasteiger partial charge in [-0.15, -0.1) is 0 Å². The average Bonchev–Trinajstić information content (AvgIpc) is 3.00. The lowest BCUT2D eigenvalue weighted by Gasteiger charge is -2.20. The minimum Gasteiger partial charge on any atom is -0.356 e. The fourth-order valence-electron chi connectivity index (χ4n) is 2.47. The molecule has 11 nitrogen and oxygen atoms in total. The third kappa shape index (κ3) is 4.44. The minimum absolute atomic E-state index is 0.222. The van der Waals surface area contributed by atoms with Crippen molar-refractivity contribution in [2.24, 2.45) is 7.05 Å². The maximum absolute atomic E-state index is 12.1. The molecule has 1 aromatic rings. The molecule has 1 aliphatic rings. The Morgan fingerprint density at radius 2 is 2.16 bits per heavy atom. The van der Waals surface area contributed by atoms with Gasteiger partial charge in [0.2, 0.25) is 5.85 Å². The number of rotatable bonds is 6. The number of hydrogen-bond acceptors (Lipinski definition) is 6. The zero-order chi connectivity index (χ0) is 18.8. The van der Waals surface area contributed by atoms with Crippen molar-refractivity contribution in [2.45, 2.75) is 31.0 Å². The molecule has 2 heterocycles. The highest BCUT2D eigenvalue weighted by Crippen LogP contribution is 2.42. The molecule has 25 heavy (non-hydrogen) atoms. The topological polar surface area (TPSA) is 149 Å². The zero-order valence-corrected chi connectivity index (χ0v) is 14.6. The molecule has 3 atom stereocenters. The van der Waals surface area contributed by atoms with Crippen LogP contribution in [0.25, 0.3) is 0 Å². The Balaban J connectivity index is 2.03. The fraction of sp³-hybridized carbons (Fsp3) is 0.615. The number of aromatic nitrogens is 2. The van der Waals surface area contributed by atoms with Crippen LogP contribution in [-0.4, -0.2) is 50.4 Å². The lowest BCUT2D eigenvalue weighted by atomic mass is 10.2. The monoisotopic (exact) mass is 377 g/mol. The Bertz CT molecular complexity index is 797. The van der Waals surface area contributed by atoms with E-state index in [1.165, 1.54) is 30.9 Å². The van der Waals surface area contributed by atoms with Gasteiger partial charge < -0.3 is 24.6 Å². The molecule has 1 aliphatic heterocycles. The average molecular weight is 377 g/mol. The summed E-state index contributed by atoms with van der Waals surface area (Å²) in [6.07, 6.45) is 1.07. The van der Waals surface area contributed by atoms with E-state index in [0.29, 0.717) is 12.8 Å². The van der Waals surface area contributed by atoms with Gasteiger partial charge in [-0.25, -0.2) is 4.79 Å². The second-order valence-corrected chi connectivity index (χ2v) is 7.23. The second kappa shape index (κ2) is 7.63. The summed E-state index contributed by atoms with van der Waals surface area (Å²) in [4.78, 5) is 53.4. The highest BCUT2D eigenvalue weighted by atomic mass is 31.2. The Labute approximate surface area is 142 Å². The highest BCUT2D eigenvalue weighted by Gasteiger charge is 2.38. The molecule has 140 valence electrons. The first-order chi connectivity index (χ1) is 11.6. The molecular formula is C13H20N3O8P. The van der Waals surface area contributed by atoms with Crippen LogP contribution >= 0.6 is 7.60 Å². The van der Waals surface area contributed by atoms with Crippen LogP contribution < -0.4 is 16.6 Å². The van der Waals surface area contributed by atoms with Crippen molar-refractivity contribution >= 4 is 13.5 Å². The SMILES string of the molecule is CNC(=O)C(OC[C@@H]1CCC(n2ccc(=O)n(C)c2=O)O1)P(=O)(O)O. The Morgan fingerprint density at radius 1 is 1.48 bits per heavy atom. The quantitative estimate of drug-likeness (QED) is 0.507. The van der Waals surface area contributed by atoms with Crippen molar-refractivity contribution in [1.82, 2.24) is 14.5 Å². The van der Waals surface area contributed by atoms with Crippen molar-refractivity contribution in [2.75, 3.05) is 13.7 Å². The third-order valence-electron chi connectivity index (χ3n) is 3.83. The number of amides is 1. The van der Waals surface area contributed by atoms with Gasteiger partial charge in [-0.3, -0.25) is 23.3 Å². The van der Waals surface area contributed by atoms with E-state index < -0.39 is 42.9 Å². The summed E-state index contributed by atoms with van der Waals surface area (Å²) in [5.74, 6) is -2.85. The molecule has 0 bridgehead atoms. The van der Waals surface area contributed by atoms with E-state index in [2.05, 4.69) is 5.32 Å².